The van der Waals surface area contributed by atoms with Crippen LogP contribution in [0.1, 0.15) is 11.3 Å². The van der Waals surface area contributed by atoms with Gasteiger partial charge < -0.3 is 13.9 Å². The summed E-state index contributed by atoms with van der Waals surface area (Å²) in [5, 5.41) is 6.02. The predicted molar refractivity (Wildman–Crippen MR) is 254 cm³/mol. The van der Waals surface area contributed by atoms with Gasteiger partial charge in [-0.2, -0.15) is 0 Å². The smallest absolute Gasteiger partial charge is 0.227 e. The summed E-state index contributed by atoms with van der Waals surface area (Å²) >= 11 is 0. The van der Waals surface area contributed by atoms with Gasteiger partial charge >= 0.3 is 0 Å². The van der Waals surface area contributed by atoms with Gasteiger partial charge in [-0.25, -0.2) is 4.98 Å². The highest BCUT2D eigenvalue weighted by Crippen LogP contribution is 2.40. The molecular weight excluding hydrogens is 743 g/mol. The Bertz CT molecular complexity index is 3430. The molecule has 2 aromatic heterocycles. The molecule has 4 nitrogen and oxygen atoms in total. The minimum Gasteiger partial charge on any atom is -0.436 e. The van der Waals surface area contributed by atoms with Gasteiger partial charge in [0.05, 0.1) is 11.6 Å². The molecule has 0 spiro atoms. The third-order valence-corrected chi connectivity index (χ3v) is 12.4. The Hall–Kier alpha value is -7.95. The lowest BCUT2D eigenvalue weighted by atomic mass is 9.94. The van der Waals surface area contributed by atoms with Gasteiger partial charge in [-0.05, 0) is 123 Å². The molecule has 1 aliphatic carbocycles. The number of anilines is 2. The number of hydrogen-bond donors (Lipinski definition) is 0. The second kappa shape index (κ2) is 14.4. The highest BCUT2D eigenvalue weighted by atomic mass is 16.3. The zero-order chi connectivity index (χ0) is 40.3. The molecule has 12 rings (SSSR count). The first-order chi connectivity index (χ1) is 30.2. The van der Waals surface area contributed by atoms with E-state index in [0.29, 0.717) is 5.89 Å². The van der Waals surface area contributed by atoms with Crippen molar-refractivity contribution in [2.24, 2.45) is 0 Å². The molecule has 288 valence electrons. The van der Waals surface area contributed by atoms with Crippen molar-refractivity contribution in [3.05, 3.63) is 224 Å². The van der Waals surface area contributed by atoms with E-state index in [2.05, 4.69) is 191 Å². The quantitative estimate of drug-likeness (QED) is 0.161. The van der Waals surface area contributed by atoms with Crippen LogP contribution in [0, 0.1) is 0 Å². The Labute approximate surface area is 353 Å². The molecule has 1 unspecified atom stereocenters. The summed E-state index contributed by atoms with van der Waals surface area (Å²) in [6.07, 6.45) is 5.60. The Kier molecular flexibility index (Phi) is 8.27. The SMILES string of the molecule is C1=CC(N(c2ccc(-c3ccc4c(ccc5oc(-c6ccccc6)nc54)c3)cc2)c2ccc(-c3cccc4ccccc34)cc2)Cc2c1n(-c1ccccc1)c1ccccc21. The van der Waals surface area contributed by atoms with Gasteiger partial charge in [-0.15, -0.1) is 0 Å². The van der Waals surface area contributed by atoms with Gasteiger partial charge in [0.15, 0.2) is 5.58 Å². The first kappa shape index (κ1) is 35.0. The van der Waals surface area contributed by atoms with Crippen molar-refractivity contribution in [2.75, 3.05) is 4.90 Å². The molecule has 2 heterocycles. The lowest BCUT2D eigenvalue weighted by molar-refractivity contribution is 0.620. The van der Waals surface area contributed by atoms with Gasteiger partial charge in [0.2, 0.25) is 5.89 Å². The zero-order valence-electron chi connectivity index (χ0n) is 33.3. The summed E-state index contributed by atoms with van der Waals surface area (Å²) in [6, 6.07) is 74.0. The minimum absolute atomic E-state index is 0.0862. The van der Waals surface area contributed by atoms with Crippen LogP contribution in [0.3, 0.4) is 0 Å². The molecule has 4 heteroatoms. The maximum atomic E-state index is 6.19. The predicted octanol–water partition coefficient (Wildman–Crippen LogP) is 14.9. The van der Waals surface area contributed by atoms with Crippen LogP contribution in [0.5, 0.6) is 0 Å². The van der Waals surface area contributed by atoms with Crippen LogP contribution in [0.15, 0.2) is 217 Å². The van der Waals surface area contributed by atoms with Crippen molar-refractivity contribution < 1.29 is 4.42 Å². The molecule has 1 aliphatic rings. The molecule has 1 atom stereocenters. The molecule has 11 aromatic rings. The van der Waals surface area contributed by atoms with Gasteiger partial charge in [0.25, 0.3) is 0 Å². The van der Waals surface area contributed by atoms with Crippen LogP contribution in [-0.4, -0.2) is 15.6 Å². The number of benzene rings is 9. The number of aromatic nitrogens is 2. The minimum atomic E-state index is 0.0862. The van der Waals surface area contributed by atoms with Crippen LogP contribution in [-0.2, 0) is 6.42 Å². The van der Waals surface area contributed by atoms with Gasteiger partial charge in [-0.3, -0.25) is 0 Å². The molecule has 0 bridgehead atoms. The normalized spacial score (nSPS) is 13.6. The van der Waals surface area contributed by atoms with Crippen LogP contribution in [0.25, 0.3) is 89.0 Å². The summed E-state index contributed by atoms with van der Waals surface area (Å²) in [7, 11) is 0. The van der Waals surface area contributed by atoms with E-state index < -0.39 is 0 Å². The van der Waals surface area contributed by atoms with E-state index >= 15 is 0 Å². The fraction of sp³-hybridized carbons (Fsp3) is 0.0351. The Balaban J connectivity index is 0.927. The van der Waals surface area contributed by atoms with E-state index in [1.54, 1.807) is 0 Å². The molecular formula is C57H39N3O. The van der Waals surface area contributed by atoms with Crippen LogP contribution < -0.4 is 4.90 Å². The molecule has 0 aliphatic heterocycles. The lowest BCUT2D eigenvalue weighted by Gasteiger charge is -2.34. The largest absolute Gasteiger partial charge is 0.436 e. The van der Waals surface area contributed by atoms with Crippen molar-refractivity contribution in [1.29, 1.82) is 0 Å². The second-order valence-corrected chi connectivity index (χ2v) is 15.9. The first-order valence-electron chi connectivity index (χ1n) is 21.0. The van der Waals surface area contributed by atoms with Crippen LogP contribution >= 0.6 is 0 Å². The number of nitrogens with zero attached hydrogens (tertiary/aromatic N) is 3. The summed E-state index contributed by atoms with van der Waals surface area (Å²) in [5.74, 6) is 0.640. The number of rotatable bonds is 7. The third-order valence-electron chi connectivity index (χ3n) is 12.4. The molecule has 0 fully saturated rings. The Morgan fingerprint density at radius 2 is 1.18 bits per heavy atom. The fourth-order valence-electron chi connectivity index (χ4n) is 9.46. The molecule has 0 saturated carbocycles. The van der Waals surface area contributed by atoms with Crippen LogP contribution in [0.2, 0.25) is 0 Å². The number of para-hydroxylation sites is 2. The standard InChI is InChI=1S/C57H39N3O/c1-3-13-41(14-4-1)57-58-56-50-33-26-42(36-43(50)27-35-55(56)61-57)38-22-28-45(29-23-38)59(46-30-24-40(25-31-46)49-20-11-15-39-12-7-8-18-48(39)49)47-32-34-54-52(37-47)51-19-9-10-21-53(51)60(54)44-16-5-2-6-17-44/h1-36,47H,37H2. The van der Waals surface area contributed by atoms with E-state index in [4.69, 9.17) is 9.40 Å². The first-order valence-corrected chi connectivity index (χ1v) is 21.0. The Morgan fingerprint density at radius 3 is 1.98 bits per heavy atom. The molecule has 0 radical (unpaired) electrons. The van der Waals surface area contributed by atoms with Crippen molar-refractivity contribution in [3.63, 3.8) is 0 Å². The van der Waals surface area contributed by atoms with Gasteiger partial charge in [0, 0.05) is 39.1 Å². The summed E-state index contributed by atoms with van der Waals surface area (Å²) in [5.41, 5.74) is 14.7. The van der Waals surface area contributed by atoms with E-state index in [-0.39, 0.29) is 6.04 Å². The van der Waals surface area contributed by atoms with E-state index in [9.17, 15) is 0 Å². The van der Waals surface area contributed by atoms with Gasteiger partial charge in [0.1, 0.15) is 5.52 Å². The molecule has 9 aromatic carbocycles. The summed E-state index contributed by atoms with van der Waals surface area (Å²) in [6.45, 7) is 0. The second-order valence-electron chi connectivity index (χ2n) is 15.9. The maximum absolute atomic E-state index is 6.19. The maximum Gasteiger partial charge on any atom is 0.227 e. The van der Waals surface area contributed by atoms with Gasteiger partial charge in [-0.1, -0.05) is 146 Å². The van der Waals surface area contributed by atoms with Crippen molar-refractivity contribution in [1.82, 2.24) is 9.55 Å². The Morgan fingerprint density at radius 1 is 0.508 bits per heavy atom. The monoisotopic (exact) mass is 781 g/mol. The lowest BCUT2D eigenvalue weighted by Crippen LogP contribution is -2.33. The van der Waals surface area contributed by atoms with Crippen molar-refractivity contribution in [3.8, 4) is 39.4 Å². The van der Waals surface area contributed by atoms with E-state index in [0.717, 1.165) is 56.4 Å². The molecule has 0 N–H and O–H groups in total. The highest BCUT2D eigenvalue weighted by Gasteiger charge is 2.28. The average Bonchev–Trinajstić information content (AvgIpc) is 3.92. The summed E-state index contributed by atoms with van der Waals surface area (Å²) in [4.78, 5) is 7.43. The molecule has 61 heavy (non-hydrogen) atoms. The zero-order valence-corrected chi connectivity index (χ0v) is 33.3. The van der Waals surface area contributed by atoms with E-state index in [1.807, 2.05) is 36.4 Å². The fourth-order valence-corrected chi connectivity index (χ4v) is 9.46. The highest BCUT2D eigenvalue weighted by molar-refractivity contribution is 6.05. The number of hydrogen-bond acceptors (Lipinski definition) is 3. The number of oxazole rings is 1. The van der Waals surface area contributed by atoms with Crippen LogP contribution in [0.4, 0.5) is 11.4 Å². The topological polar surface area (TPSA) is 34.2 Å². The molecule has 0 amide bonds. The summed E-state index contributed by atoms with van der Waals surface area (Å²) < 4.78 is 8.60. The average molecular weight is 782 g/mol. The number of fused-ring (bicyclic) bond motifs is 7. The molecule has 0 saturated heterocycles. The van der Waals surface area contributed by atoms with Crippen molar-refractivity contribution >= 4 is 61.0 Å². The van der Waals surface area contributed by atoms with Crippen molar-refractivity contribution in [2.45, 2.75) is 12.5 Å². The van der Waals surface area contributed by atoms with E-state index in [1.165, 1.54) is 49.7 Å². The third kappa shape index (κ3) is 6.03.